The van der Waals surface area contributed by atoms with Gasteiger partial charge in [-0.15, -0.1) is 0 Å². The quantitative estimate of drug-likeness (QED) is 0.647. The summed E-state index contributed by atoms with van der Waals surface area (Å²) in [6, 6.07) is 5.52. The van der Waals surface area contributed by atoms with E-state index in [4.69, 9.17) is 13.6 Å². The number of phenolic OH excluding ortho intramolecular Hbond substituents is 2. The first-order valence-electron chi connectivity index (χ1n) is 9.27. The SMILES string of the molecule is Cc1cc(=O)c2c(O)cc(O)c([C@H]3CCN(C)C[C@H]3OC(=O)c3ccco3)c2o1. The van der Waals surface area contributed by atoms with Crippen LogP contribution in [0.1, 0.15) is 34.2 Å². The fourth-order valence-electron chi connectivity index (χ4n) is 3.91. The van der Waals surface area contributed by atoms with Crippen LogP contribution < -0.4 is 5.43 Å². The molecule has 0 spiro atoms. The Kier molecular flexibility index (Phi) is 4.79. The van der Waals surface area contributed by atoms with E-state index in [1.54, 1.807) is 13.0 Å². The topological polar surface area (TPSA) is 113 Å². The third-order valence-corrected chi connectivity index (χ3v) is 5.23. The largest absolute Gasteiger partial charge is 0.507 e. The van der Waals surface area contributed by atoms with Crippen molar-refractivity contribution in [2.24, 2.45) is 0 Å². The zero-order valence-corrected chi connectivity index (χ0v) is 16.0. The molecular weight excluding hydrogens is 378 g/mol. The van der Waals surface area contributed by atoms with Crippen LogP contribution in [0.5, 0.6) is 11.5 Å². The molecule has 0 bridgehead atoms. The second-order valence-electron chi connectivity index (χ2n) is 7.33. The van der Waals surface area contributed by atoms with Gasteiger partial charge in [0.2, 0.25) is 5.76 Å². The molecule has 0 radical (unpaired) electrons. The van der Waals surface area contributed by atoms with Gasteiger partial charge in [0.1, 0.15) is 34.3 Å². The number of aromatic hydroxyl groups is 2. The highest BCUT2D eigenvalue weighted by Crippen LogP contribution is 2.42. The molecule has 8 nitrogen and oxygen atoms in total. The van der Waals surface area contributed by atoms with Crippen LogP contribution in [-0.4, -0.2) is 47.3 Å². The van der Waals surface area contributed by atoms with Crippen LogP contribution in [0, 0.1) is 6.92 Å². The average molecular weight is 399 g/mol. The minimum Gasteiger partial charge on any atom is -0.507 e. The number of carbonyl (C=O) groups is 1. The molecule has 0 saturated carbocycles. The molecule has 2 aromatic heterocycles. The third-order valence-electron chi connectivity index (χ3n) is 5.23. The number of furan rings is 1. The summed E-state index contributed by atoms with van der Waals surface area (Å²) in [5, 5.41) is 20.8. The lowest BCUT2D eigenvalue weighted by atomic mass is 9.85. The Morgan fingerprint density at radius 2 is 2.07 bits per heavy atom. The van der Waals surface area contributed by atoms with Gasteiger partial charge in [-0.1, -0.05) is 0 Å². The maximum atomic E-state index is 12.5. The lowest BCUT2D eigenvalue weighted by Gasteiger charge is -2.36. The number of nitrogens with zero attached hydrogens (tertiary/aromatic N) is 1. The van der Waals surface area contributed by atoms with Crippen molar-refractivity contribution in [3.8, 4) is 11.5 Å². The van der Waals surface area contributed by atoms with Crippen LogP contribution >= 0.6 is 0 Å². The van der Waals surface area contributed by atoms with Crippen molar-refractivity contribution < 1.29 is 28.6 Å². The lowest BCUT2D eigenvalue weighted by molar-refractivity contribution is -0.000901. The first kappa shape index (κ1) is 19.1. The summed E-state index contributed by atoms with van der Waals surface area (Å²) in [5.74, 6) is -1.17. The fourth-order valence-corrected chi connectivity index (χ4v) is 3.91. The highest BCUT2D eigenvalue weighted by atomic mass is 16.6. The lowest BCUT2D eigenvalue weighted by Crippen LogP contribution is -2.43. The number of benzene rings is 1. The summed E-state index contributed by atoms with van der Waals surface area (Å²) in [6.45, 7) is 2.74. The van der Waals surface area contributed by atoms with Gasteiger partial charge in [0.05, 0.1) is 6.26 Å². The summed E-state index contributed by atoms with van der Waals surface area (Å²) in [5.41, 5.74) is 0.0598. The molecule has 3 aromatic rings. The van der Waals surface area contributed by atoms with Crippen molar-refractivity contribution in [2.45, 2.75) is 25.4 Å². The zero-order chi connectivity index (χ0) is 20.7. The number of hydrogen-bond acceptors (Lipinski definition) is 8. The van der Waals surface area contributed by atoms with Crippen LogP contribution in [0.2, 0.25) is 0 Å². The monoisotopic (exact) mass is 399 g/mol. The van der Waals surface area contributed by atoms with Crippen LogP contribution in [0.4, 0.5) is 0 Å². The van der Waals surface area contributed by atoms with Crippen molar-refractivity contribution in [3.63, 3.8) is 0 Å². The van der Waals surface area contributed by atoms with Gasteiger partial charge in [-0.3, -0.25) is 4.79 Å². The van der Waals surface area contributed by atoms with Gasteiger partial charge in [-0.05, 0) is 39.1 Å². The molecule has 29 heavy (non-hydrogen) atoms. The molecule has 2 N–H and O–H groups in total. The Hall–Kier alpha value is -3.26. The van der Waals surface area contributed by atoms with Crippen LogP contribution in [0.15, 0.2) is 44.2 Å². The van der Waals surface area contributed by atoms with Gasteiger partial charge in [-0.25, -0.2) is 4.79 Å². The number of likely N-dealkylation sites (tertiary alicyclic amines) is 1. The standard InChI is InChI=1S/C21H21NO7/c1-11-8-13(23)19-15(25)9-14(24)18(20(19)28-11)12-5-6-22(2)10-17(12)29-21(26)16-4-3-7-27-16/h3-4,7-9,12,17,24-25H,5-6,10H2,1-2H3/t12-,17+/m0/s1. The zero-order valence-electron chi connectivity index (χ0n) is 16.0. The minimum absolute atomic E-state index is 0.00145. The number of hydrogen-bond donors (Lipinski definition) is 2. The number of esters is 1. The number of rotatable bonds is 3. The van der Waals surface area contributed by atoms with E-state index in [0.717, 1.165) is 6.07 Å². The minimum atomic E-state index is -0.615. The number of likely N-dealkylation sites (N-methyl/N-ethyl adjacent to an activating group) is 1. The van der Waals surface area contributed by atoms with Gasteiger partial charge in [0.25, 0.3) is 0 Å². The van der Waals surface area contributed by atoms with Gasteiger partial charge in [-0.2, -0.15) is 0 Å². The van der Waals surface area contributed by atoms with E-state index in [0.29, 0.717) is 30.8 Å². The summed E-state index contributed by atoms with van der Waals surface area (Å²) in [4.78, 5) is 26.9. The van der Waals surface area contributed by atoms with Gasteiger partial charge < -0.3 is 28.7 Å². The Morgan fingerprint density at radius 1 is 1.28 bits per heavy atom. The van der Waals surface area contributed by atoms with E-state index in [1.807, 2.05) is 11.9 Å². The number of phenols is 2. The predicted molar refractivity (Wildman–Crippen MR) is 103 cm³/mol. The van der Waals surface area contributed by atoms with Crippen molar-refractivity contribution in [2.75, 3.05) is 20.1 Å². The van der Waals surface area contributed by atoms with E-state index in [9.17, 15) is 19.8 Å². The average Bonchev–Trinajstić information content (AvgIpc) is 3.17. The molecule has 8 heteroatoms. The van der Waals surface area contributed by atoms with Crippen molar-refractivity contribution in [1.82, 2.24) is 4.90 Å². The molecule has 0 aliphatic carbocycles. The first-order chi connectivity index (χ1) is 13.8. The number of aryl methyl sites for hydroxylation is 1. The molecule has 1 saturated heterocycles. The van der Waals surface area contributed by atoms with Gasteiger partial charge >= 0.3 is 5.97 Å². The summed E-state index contributed by atoms with van der Waals surface area (Å²) in [6.07, 6.45) is 1.32. The van der Waals surface area contributed by atoms with Gasteiger partial charge in [0, 0.05) is 30.2 Å². The molecule has 1 aromatic carbocycles. The first-order valence-corrected chi connectivity index (χ1v) is 9.27. The van der Waals surface area contributed by atoms with E-state index >= 15 is 0 Å². The Morgan fingerprint density at radius 3 is 2.79 bits per heavy atom. The van der Waals surface area contributed by atoms with Crippen molar-refractivity contribution >= 4 is 16.9 Å². The molecular formula is C21H21NO7. The number of ether oxygens (including phenoxy) is 1. The van der Waals surface area contributed by atoms with E-state index < -0.39 is 23.4 Å². The Bertz CT molecular complexity index is 1120. The molecule has 1 fully saturated rings. The molecule has 0 unspecified atom stereocenters. The van der Waals surface area contributed by atoms with E-state index in [1.165, 1.54) is 18.4 Å². The van der Waals surface area contributed by atoms with Crippen molar-refractivity contribution in [3.05, 3.63) is 57.8 Å². The summed E-state index contributed by atoms with van der Waals surface area (Å²) >= 11 is 0. The number of carbonyl (C=O) groups excluding carboxylic acids is 1. The third kappa shape index (κ3) is 3.47. The molecule has 4 rings (SSSR count). The Labute approximate surface area is 165 Å². The van der Waals surface area contributed by atoms with Crippen LogP contribution in [0.25, 0.3) is 11.0 Å². The number of piperidine rings is 1. The summed E-state index contributed by atoms with van der Waals surface area (Å²) < 4.78 is 16.6. The molecule has 152 valence electrons. The molecule has 1 aliphatic heterocycles. The van der Waals surface area contributed by atoms with E-state index in [-0.39, 0.29) is 28.2 Å². The molecule has 0 amide bonds. The molecule has 3 heterocycles. The van der Waals surface area contributed by atoms with Crippen LogP contribution in [-0.2, 0) is 4.74 Å². The predicted octanol–water partition coefficient (Wildman–Crippen LogP) is 2.75. The highest BCUT2D eigenvalue weighted by Gasteiger charge is 2.36. The molecule has 1 aliphatic rings. The van der Waals surface area contributed by atoms with Gasteiger partial charge in [0.15, 0.2) is 5.43 Å². The smallest absolute Gasteiger partial charge is 0.374 e. The van der Waals surface area contributed by atoms with Crippen LogP contribution in [0.3, 0.4) is 0 Å². The molecule has 2 atom stereocenters. The second-order valence-corrected chi connectivity index (χ2v) is 7.33. The highest BCUT2D eigenvalue weighted by molar-refractivity contribution is 5.89. The number of fused-ring (bicyclic) bond motifs is 1. The maximum absolute atomic E-state index is 12.5. The maximum Gasteiger partial charge on any atom is 0.374 e. The van der Waals surface area contributed by atoms with E-state index in [2.05, 4.69) is 0 Å². The normalized spacial score (nSPS) is 20.1. The fraction of sp³-hybridized carbons (Fsp3) is 0.333. The van der Waals surface area contributed by atoms with Crippen molar-refractivity contribution in [1.29, 1.82) is 0 Å². The Balaban J connectivity index is 1.82. The second kappa shape index (κ2) is 7.29. The summed E-state index contributed by atoms with van der Waals surface area (Å²) in [7, 11) is 1.91.